The molecule has 2 aromatic carbocycles. The molecule has 0 spiro atoms. The number of amides is 2. The normalized spacial score (nSPS) is 17.5. The van der Waals surface area contributed by atoms with Gasteiger partial charge in [-0.3, -0.25) is 24.3 Å². The molecule has 31 heavy (non-hydrogen) atoms. The molecule has 1 fully saturated rings. The van der Waals surface area contributed by atoms with E-state index in [9.17, 15) is 32.5 Å². The standard InChI is InChI=1S/C18H15N5O7S/c1-9-6-13(22-23-17-14(25)8-16(26)19-18(17)27)15(31(28,29)30)7-12(9)21-20-10-2-4-11(24)5-3-10/h2-7,17,24H,8H2,1H3,(H,19,26,27)(H,28,29,30). The summed E-state index contributed by atoms with van der Waals surface area (Å²) in [5, 5.41) is 26.3. The largest absolute Gasteiger partial charge is 0.508 e. The highest BCUT2D eigenvalue weighted by Crippen LogP contribution is 2.33. The first-order valence-corrected chi connectivity index (χ1v) is 10.1. The van der Waals surface area contributed by atoms with E-state index in [0.29, 0.717) is 11.3 Å². The Morgan fingerprint density at radius 2 is 1.68 bits per heavy atom. The molecule has 0 saturated carbocycles. The van der Waals surface area contributed by atoms with Crippen LogP contribution in [0.1, 0.15) is 12.0 Å². The smallest absolute Gasteiger partial charge is 0.296 e. The summed E-state index contributed by atoms with van der Waals surface area (Å²) in [6.45, 7) is 1.56. The number of hydrogen-bond acceptors (Lipinski definition) is 10. The molecule has 0 bridgehead atoms. The fourth-order valence-corrected chi connectivity index (χ4v) is 3.20. The Balaban J connectivity index is 1.97. The summed E-state index contributed by atoms with van der Waals surface area (Å²) in [5.41, 5.74) is 0.544. The van der Waals surface area contributed by atoms with Gasteiger partial charge in [-0.25, -0.2) is 0 Å². The molecule has 13 heteroatoms. The second-order valence-electron chi connectivity index (χ2n) is 6.47. The van der Waals surface area contributed by atoms with Crippen LogP contribution in [-0.4, -0.2) is 41.7 Å². The van der Waals surface area contributed by atoms with Crippen molar-refractivity contribution in [2.75, 3.05) is 0 Å². The van der Waals surface area contributed by atoms with E-state index in [1.165, 1.54) is 30.3 Å². The third-order valence-corrected chi connectivity index (χ3v) is 4.99. The van der Waals surface area contributed by atoms with Crippen molar-refractivity contribution in [3.8, 4) is 5.75 Å². The van der Waals surface area contributed by atoms with Gasteiger partial charge in [-0.15, -0.1) is 0 Å². The summed E-state index contributed by atoms with van der Waals surface area (Å²) < 4.78 is 33.2. The van der Waals surface area contributed by atoms with Crippen LogP contribution in [0, 0.1) is 6.92 Å². The maximum Gasteiger partial charge on any atom is 0.296 e. The van der Waals surface area contributed by atoms with Crippen molar-refractivity contribution < 1.29 is 32.5 Å². The number of nitrogens with zero attached hydrogens (tertiary/aromatic N) is 4. The number of carbonyl (C=O) groups excluding carboxylic acids is 3. The number of rotatable bonds is 5. The molecule has 1 heterocycles. The Bertz CT molecular complexity index is 1220. The molecule has 160 valence electrons. The molecule has 0 aromatic heterocycles. The number of nitrogens with one attached hydrogen (secondary N) is 1. The van der Waals surface area contributed by atoms with E-state index in [0.717, 1.165) is 6.07 Å². The average Bonchev–Trinajstić information content (AvgIpc) is 2.66. The number of phenols is 1. The highest BCUT2D eigenvalue weighted by molar-refractivity contribution is 7.86. The Hall–Kier alpha value is -3.84. The van der Waals surface area contributed by atoms with Crippen molar-refractivity contribution in [1.29, 1.82) is 0 Å². The summed E-state index contributed by atoms with van der Waals surface area (Å²) >= 11 is 0. The average molecular weight is 445 g/mol. The minimum Gasteiger partial charge on any atom is -0.508 e. The van der Waals surface area contributed by atoms with Crippen LogP contribution in [-0.2, 0) is 24.5 Å². The lowest BCUT2D eigenvalue weighted by Gasteiger charge is -2.15. The monoisotopic (exact) mass is 445 g/mol. The van der Waals surface area contributed by atoms with E-state index in [2.05, 4.69) is 20.5 Å². The van der Waals surface area contributed by atoms with E-state index in [-0.39, 0.29) is 17.1 Å². The molecule has 3 rings (SSSR count). The van der Waals surface area contributed by atoms with E-state index >= 15 is 0 Å². The Labute approximate surface area is 175 Å². The number of ketones is 1. The van der Waals surface area contributed by atoms with Gasteiger partial charge < -0.3 is 5.11 Å². The minimum atomic E-state index is -4.78. The molecule has 1 saturated heterocycles. The number of aromatic hydroxyl groups is 1. The lowest BCUT2D eigenvalue weighted by atomic mass is 10.1. The SMILES string of the molecule is Cc1cc(N=NC2C(=O)CC(=O)NC2=O)c(S(=O)(=O)O)cc1N=Nc1ccc(O)cc1. The number of hydrogen-bond donors (Lipinski definition) is 3. The van der Waals surface area contributed by atoms with Crippen LogP contribution in [0.25, 0.3) is 0 Å². The number of Topliss-reactive ketones (excluding diaryl/α,β-unsaturated/α-hetero) is 1. The Kier molecular flexibility index (Phi) is 5.99. The van der Waals surface area contributed by atoms with E-state index in [1.54, 1.807) is 6.92 Å². The zero-order valence-corrected chi connectivity index (χ0v) is 16.7. The van der Waals surface area contributed by atoms with Crippen molar-refractivity contribution in [1.82, 2.24) is 5.32 Å². The molecule has 2 aromatic rings. The Morgan fingerprint density at radius 1 is 1.00 bits per heavy atom. The van der Waals surface area contributed by atoms with Crippen LogP contribution in [0.3, 0.4) is 0 Å². The van der Waals surface area contributed by atoms with Crippen LogP contribution < -0.4 is 5.32 Å². The number of imide groups is 1. The molecule has 1 aliphatic rings. The van der Waals surface area contributed by atoms with Gasteiger partial charge in [0.1, 0.15) is 16.3 Å². The fourth-order valence-electron chi connectivity index (χ4n) is 2.57. The summed E-state index contributed by atoms with van der Waals surface area (Å²) in [5.74, 6) is -2.50. The van der Waals surface area contributed by atoms with Crippen molar-refractivity contribution in [3.63, 3.8) is 0 Å². The second-order valence-corrected chi connectivity index (χ2v) is 7.86. The number of azo groups is 2. The summed E-state index contributed by atoms with van der Waals surface area (Å²) in [6.07, 6.45) is -0.559. The molecule has 2 amide bonds. The van der Waals surface area contributed by atoms with E-state index in [4.69, 9.17) is 0 Å². The highest BCUT2D eigenvalue weighted by atomic mass is 32.2. The molecular weight excluding hydrogens is 430 g/mol. The number of phenolic OH excluding ortho intramolecular Hbond substituents is 1. The topological polar surface area (TPSA) is 187 Å². The van der Waals surface area contributed by atoms with Gasteiger partial charge >= 0.3 is 0 Å². The van der Waals surface area contributed by atoms with Gasteiger partial charge in [-0.2, -0.15) is 28.9 Å². The van der Waals surface area contributed by atoms with Gasteiger partial charge in [0.05, 0.1) is 17.8 Å². The van der Waals surface area contributed by atoms with Gasteiger partial charge in [0.2, 0.25) is 11.9 Å². The summed E-state index contributed by atoms with van der Waals surface area (Å²) in [7, 11) is -4.78. The number of carbonyl (C=O) groups is 3. The molecule has 1 aliphatic heterocycles. The third kappa shape index (κ3) is 5.21. The van der Waals surface area contributed by atoms with Gasteiger partial charge in [0.15, 0.2) is 5.78 Å². The maximum atomic E-state index is 11.8. The first-order chi connectivity index (χ1) is 14.5. The lowest BCUT2D eigenvalue weighted by molar-refractivity contribution is -0.140. The molecule has 0 radical (unpaired) electrons. The molecular formula is C18H15N5O7S. The molecule has 1 atom stereocenters. The highest BCUT2D eigenvalue weighted by Gasteiger charge is 2.34. The van der Waals surface area contributed by atoms with Crippen molar-refractivity contribution in [2.45, 2.75) is 24.3 Å². The van der Waals surface area contributed by atoms with Crippen LogP contribution >= 0.6 is 0 Å². The first kappa shape index (κ1) is 21.9. The van der Waals surface area contributed by atoms with Gasteiger partial charge in [-0.05, 0) is 48.9 Å². The third-order valence-electron chi connectivity index (χ3n) is 4.11. The van der Waals surface area contributed by atoms with Crippen molar-refractivity contribution >= 4 is 44.8 Å². The zero-order valence-electron chi connectivity index (χ0n) is 15.9. The van der Waals surface area contributed by atoms with Crippen LogP contribution in [0.5, 0.6) is 5.75 Å². The second kappa shape index (κ2) is 8.49. The van der Waals surface area contributed by atoms with Crippen LogP contribution in [0.2, 0.25) is 0 Å². The predicted molar refractivity (Wildman–Crippen MR) is 104 cm³/mol. The van der Waals surface area contributed by atoms with Crippen LogP contribution in [0.15, 0.2) is 61.8 Å². The fraction of sp³-hybridized carbons (Fsp3) is 0.167. The minimum absolute atomic E-state index is 0.0352. The predicted octanol–water partition coefficient (Wildman–Crippen LogP) is 2.43. The summed E-state index contributed by atoms with van der Waals surface area (Å²) in [6, 6.07) is 6.38. The number of piperidine rings is 1. The molecule has 12 nitrogen and oxygen atoms in total. The quantitative estimate of drug-likeness (QED) is 0.273. The number of aryl methyl sites for hydroxylation is 1. The van der Waals surface area contributed by atoms with Gasteiger partial charge in [0, 0.05) is 0 Å². The Morgan fingerprint density at radius 3 is 2.29 bits per heavy atom. The van der Waals surface area contributed by atoms with Gasteiger partial charge in [0.25, 0.3) is 16.0 Å². The lowest BCUT2D eigenvalue weighted by Crippen LogP contribution is -2.48. The van der Waals surface area contributed by atoms with E-state index < -0.39 is 45.1 Å². The molecule has 0 aliphatic carbocycles. The maximum absolute atomic E-state index is 11.8. The zero-order chi connectivity index (χ0) is 22.8. The van der Waals surface area contributed by atoms with Crippen LogP contribution in [0.4, 0.5) is 17.1 Å². The molecule has 1 unspecified atom stereocenters. The van der Waals surface area contributed by atoms with Crippen molar-refractivity contribution in [3.05, 3.63) is 42.0 Å². The van der Waals surface area contributed by atoms with Crippen molar-refractivity contribution in [2.24, 2.45) is 20.5 Å². The summed E-state index contributed by atoms with van der Waals surface area (Å²) in [4.78, 5) is 34.1. The van der Waals surface area contributed by atoms with E-state index in [1.807, 2.05) is 5.32 Å². The van der Waals surface area contributed by atoms with Gasteiger partial charge in [-0.1, -0.05) is 0 Å². The first-order valence-electron chi connectivity index (χ1n) is 8.65. The molecule has 3 N–H and O–H groups in total. The number of benzene rings is 2.